The van der Waals surface area contributed by atoms with Crippen molar-refractivity contribution < 1.29 is 14.7 Å². The summed E-state index contributed by atoms with van der Waals surface area (Å²) in [5.41, 5.74) is 0.463. The van der Waals surface area contributed by atoms with Gasteiger partial charge in [0.2, 0.25) is 11.8 Å². The van der Waals surface area contributed by atoms with Crippen molar-refractivity contribution in [1.82, 2.24) is 10.6 Å². The van der Waals surface area contributed by atoms with E-state index in [9.17, 15) is 14.7 Å². The molecule has 7 heteroatoms. The Bertz CT molecular complexity index is 527. The number of aliphatic hydroxyl groups excluding tert-OH is 1. The quantitative estimate of drug-likeness (QED) is 0.744. The minimum atomic E-state index is -1.02. The van der Waals surface area contributed by atoms with Gasteiger partial charge in [0.05, 0.1) is 19.1 Å². The number of amides is 2. The highest BCUT2D eigenvalue weighted by Gasteiger charge is 2.23. The summed E-state index contributed by atoms with van der Waals surface area (Å²) in [6.07, 6.45) is 0.808. The number of aliphatic hydroxyl groups is 1. The second kappa shape index (κ2) is 7.11. The van der Waals surface area contributed by atoms with E-state index in [1.807, 2.05) is 0 Å². The molecule has 0 saturated heterocycles. The number of nitrogens with one attached hydrogen (secondary N) is 2. The molecule has 2 amide bonds. The van der Waals surface area contributed by atoms with Crippen molar-refractivity contribution in [3.8, 4) is 0 Å². The van der Waals surface area contributed by atoms with Crippen molar-refractivity contribution >= 4 is 35.0 Å². The molecule has 0 heterocycles. The SMILES string of the molecule is O=C(CC(O)c1cc(Cl)cc(Cl)c1)NCC(=O)NC1CC1. The molecule has 114 valence electrons. The van der Waals surface area contributed by atoms with Crippen LogP contribution < -0.4 is 10.6 Å². The van der Waals surface area contributed by atoms with E-state index in [1.165, 1.54) is 0 Å². The molecule has 1 aromatic carbocycles. The summed E-state index contributed by atoms with van der Waals surface area (Å²) in [5, 5.41) is 16.0. The molecule has 0 spiro atoms. The highest BCUT2D eigenvalue weighted by atomic mass is 35.5. The average Bonchev–Trinajstić information content (AvgIpc) is 3.19. The average molecular weight is 331 g/mol. The van der Waals surface area contributed by atoms with Crippen LogP contribution >= 0.6 is 23.2 Å². The third-order valence-corrected chi connectivity index (χ3v) is 3.47. The Labute approximate surface area is 132 Å². The summed E-state index contributed by atoms with van der Waals surface area (Å²) < 4.78 is 0. The van der Waals surface area contributed by atoms with Gasteiger partial charge in [-0.05, 0) is 36.6 Å². The third-order valence-electron chi connectivity index (χ3n) is 3.04. The first kappa shape index (κ1) is 16.1. The van der Waals surface area contributed by atoms with Crippen LogP contribution in [0.25, 0.3) is 0 Å². The molecule has 0 aliphatic heterocycles. The van der Waals surface area contributed by atoms with E-state index in [2.05, 4.69) is 10.6 Å². The summed E-state index contributed by atoms with van der Waals surface area (Å²) >= 11 is 11.7. The van der Waals surface area contributed by atoms with Crippen molar-refractivity contribution in [3.63, 3.8) is 0 Å². The van der Waals surface area contributed by atoms with Crippen molar-refractivity contribution in [2.75, 3.05) is 6.54 Å². The molecular formula is C14H16Cl2N2O3. The molecule has 2 rings (SSSR count). The molecule has 21 heavy (non-hydrogen) atoms. The van der Waals surface area contributed by atoms with Gasteiger partial charge in [0.15, 0.2) is 0 Å². The topological polar surface area (TPSA) is 78.4 Å². The third kappa shape index (κ3) is 5.53. The van der Waals surface area contributed by atoms with Crippen LogP contribution in [-0.4, -0.2) is 29.5 Å². The fourth-order valence-corrected chi connectivity index (χ4v) is 2.36. The number of carbonyl (C=O) groups excluding carboxylic acids is 2. The summed E-state index contributed by atoms with van der Waals surface area (Å²) in [5.74, 6) is -0.629. The summed E-state index contributed by atoms with van der Waals surface area (Å²) in [4.78, 5) is 23.1. The number of hydrogen-bond acceptors (Lipinski definition) is 3. The standard InChI is InChI=1S/C14H16Cl2N2O3/c15-9-3-8(4-10(16)5-9)12(19)6-13(20)17-7-14(21)18-11-1-2-11/h3-5,11-12,19H,1-2,6-7H2,(H,17,20)(H,18,21). The first-order valence-corrected chi connectivity index (χ1v) is 7.40. The van der Waals surface area contributed by atoms with Gasteiger partial charge in [-0.2, -0.15) is 0 Å². The zero-order valence-corrected chi connectivity index (χ0v) is 12.7. The van der Waals surface area contributed by atoms with Crippen LogP contribution in [0, 0.1) is 0 Å². The van der Waals surface area contributed by atoms with Gasteiger partial charge in [-0.3, -0.25) is 9.59 Å². The van der Waals surface area contributed by atoms with Gasteiger partial charge in [0.25, 0.3) is 0 Å². The van der Waals surface area contributed by atoms with E-state index >= 15 is 0 Å². The minimum Gasteiger partial charge on any atom is -0.388 e. The van der Waals surface area contributed by atoms with Crippen LogP contribution in [0.3, 0.4) is 0 Å². The molecule has 1 fully saturated rings. The summed E-state index contributed by atoms with van der Waals surface area (Å²) in [7, 11) is 0. The number of carbonyl (C=O) groups is 2. The largest absolute Gasteiger partial charge is 0.388 e. The van der Waals surface area contributed by atoms with Gasteiger partial charge in [-0.25, -0.2) is 0 Å². The Morgan fingerprint density at radius 3 is 2.38 bits per heavy atom. The summed E-state index contributed by atoms with van der Waals surface area (Å²) in [6.45, 7) is -0.0850. The molecule has 1 unspecified atom stereocenters. The number of benzene rings is 1. The predicted octanol–water partition coefficient (Wildman–Crippen LogP) is 1.81. The van der Waals surface area contributed by atoms with Crippen molar-refractivity contribution in [2.24, 2.45) is 0 Å². The van der Waals surface area contributed by atoms with Crippen molar-refractivity contribution in [2.45, 2.75) is 31.4 Å². The van der Waals surface area contributed by atoms with Crippen molar-refractivity contribution in [3.05, 3.63) is 33.8 Å². The lowest BCUT2D eigenvalue weighted by atomic mass is 10.1. The van der Waals surface area contributed by atoms with E-state index in [0.717, 1.165) is 12.8 Å². The van der Waals surface area contributed by atoms with Crippen LogP contribution in [0.4, 0.5) is 0 Å². The minimum absolute atomic E-state index is 0.0850. The van der Waals surface area contributed by atoms with E-state index in [4.69, 9.17) is 23.2 Å². The predicted molar refractivity (Wildman–Crippen MR) is 80.2 cm³/mol. The number of rotatable bonds is 6. The summed E-state index contributed by atoms with van der Waals surface area (Å²) in [6, 6.07) is 4.89. The van der Waals surface area contributed by atoms with E-state index in [-0.39, 0.29) is 24.9 Å². The van der Waals surface area contributed by atoms with Crippen LogP contribution in [0.15, 0.2) is 18.2 Å². The molecule has 0 radical (unpaired) electrons. The Morgan fingerprint density at radius 2 is 1.81 bits per heavy atom. The fraction of sp³-hybridized carbons (Fsp3) is 0.429. The van der Waals surface area contributed by atoms with Gasteiger partial charge >= 0.3 is 0 Å². The second-order valence-electron chi connectivity index (χ2n) is 5.04. The van der Waals surface area contributed by atoms with Gasteiger partial charge in [0.1, 0.15) is 0 Å². The fourth-order valence-electron chi connectivity index (χ4n) is 1.82. The number of hydrogen-bond donors (Lipinski definition) is 3. The normalized spacial score (nSPS) is 15.4. The Morgan fingerprint density at radius 1 is 1.19 bits per heavy atom. The molecule has 3 N–H and O–H groups in total. The van der Waals surface area contributed by atoms with Crippen LogP contribution in [-0.2, 0) is 9.59 Å². The monoisotopic (exact) mass is 330 g/mol. The smallest absolute Gasteiger partial charge is 0.239 e. The van der Waals surface area contributed by atoms with E-state index < -0.39 is 12.0 Å². The van der Waals surface area contributed by atoms with Gasteiger partial charge < -0.3 is 15.7 Å². The lowest BCUT2D eigenvalue weighted by Gasteiger charge is -2.12. The zero-order valence-electron chi connectivity index (χ0n) is 11.2. The number of halogens is 2. The van der Waals surface area contributed by atoms with E-state index in [0.29, 0.717) is 15.6 Å². The molecule has 1 saturated carbocycles. The highest BCUT2D eigenvalue weighted by Crippen LogP contribution is 2.25. The van der Waals surface area contributed by atoms with Crippen LogP contribution in [0.2, 0.25) is 10.0 Å². The molecule has 5 nitrogen and oxygen atoms in total. The van der Waals surface area contributed by atoms with Crippen LogP contribution in [0.5, 0.6) is 0 Å². The van der Waals surface area contributed by atoms with Gasteiger partial charge in [0, 0.05) is 16.1 Å². The van der Waals surface area contributed by atoms with Crippen molar-refractivity contribution in [1.29, 1.82) is 0 Å². The second-order valence-corrected chi connectivity index (χ2v) is 5.91. The molecule has 1 aromatic rings. The molecule has 1 atom stereocenters. The first-order valence-electron chi connectivity index (χ1n) is 6.64. The van der Waals surface area contributed by atoms with Gasteiger partial charge in [-0.15, -0.1) is 0 Å². The van der Waals surface area contributed by atoms with Crippen LogP contribution in [0.1, 0.15) is 30.9 Å². The maximum Gasteiger partial charge on any atom is 0.239 e. The highest BCUT2D eigenvalue weighted by molar-refractivity contribution is 6.34. The Kier molecular flexibility index (Phi) is 5.45. The molecule has 1 aliphatic carbocycles. The lowest BCUT2D eigenvalue weighted by Crippen LogP contribution is -2.38. The molecule has 1 aliphatic rings. The molecule has 0 aromatic heterocycles. The van der Waals surface area contributed by atoms with E-state index in [1.54, 1.807) is 18.2 Å². The lowest BCUT2D eigenvalue weighted by molar-refractivity contribution is -0.127. The van der Waals surface area contributed by atoms with Gasteiger partial charge in [-0.1, -0.05) is 23.2 Å². The maximum atomic E-state index is 11.7. The Hall–Kier alpha value is -1.30. The molecular weight excluding hydrogens is 315 g/mol. The zero-order chi connectivity index (χ0) is 15.4. The maximum absolute atomic E-state index is 11.7. The Balaban J connectivity index is 1.79. The molecule has 0 bridgehead atoms. The first-order chi connectivity index (χ1) is 9.94.